The molecular weight excluding hydrogens is 174 g/mol. The van der Waals surface area contributed by atoms with Gasteiger partial charge in [0.25, 0.3) is 5.09 Å². The fourth-order valence-electron chi connectivity index (χ4n) is 0. The SMILES string of the molecule is O.O.O.O.O.O.O.O=[N+]([O-])O. The lowest BCUT2D eigenvalue weighted by Crippen LogP contribution is -1.81. The summed E-state index contributed by atoms with van der Waals surface area (Å²) in [7, 11) is 0. The molecule has 11 nitrogen and oxygen atoms in total. The first-order valence-corrected chi connectivity index (χ1v) is 0.565. The quantitative estimate of drug-likeness (QED) is 0.287. The van der Waals surface area contributed by atoms with E-state index in [4.69, 9.17) is 15.3 Å². The van der Waals surface area contributed by atoms with Crippen LogP contribution in [0, 0.1) is 10.1 Å². The molecule has 15 N–H and O–H groups in total. The second kappa shape index (κ2) is 152. The fourth-order valence-corrected chi connectivity index (χ4v) is 0. The summed E-state index contributed by atoms with van der Waals surface area (Å²) in [4.78, 5) is 8.36. The maximum atomic E-state index is 8.36. The van der Waals surface area contributed by atoms with Crippen molar-refractivity contribution in [2.24, 2.45) is 0 Å². The van der Waals surface area contributed by atoms with Crippen LogP contribution in [0.3, 0.4) is 0 Å². The van der Waals surface area contributed by atoms with E-state index in [1.54, 1.807) is 0 Å². The summed E-state index contributed by atoms with van der Waals surface area (Å²) in [5.74, 6) is 0. The van der Waals surface area contributed by atoms with Crippen LogP contribution in [0.1, 0.15) is 0 Å². The average molecular weight is 189 g/mol. The molecule has 0 aliphatic carbocycles. The molecule has 11 heavy (non-hydrogen) atoms. The predicted molar refractivity (Wildman–Crippen MR) is 34.1 cm³/mol. The first-order chi connectivity index (χ1) is 1.73. The van der Waals surface area contributed by atoms with Crippen molar-refractivity contribution >= 4 is 0 Å². The number of rotatable bonds is 0. The zero-order valence-electron chi connectivity index (χ0n) is 5.21. The minimum absolute atomic E-state index is 0. The van der Waals surface area contributed by atoms with E-state index in [0.717, 1.165) is 0 Å². The zero-order valence-corrected chi connectivity index (χ0v) is 5.21. The third-order valence-corrected chi connectivity index (χ3v) is 0. The summed E-state index contributed by atoms with van der Waals surface area (Å²) in [6, 6.07) is 0. The molecule has 80 valence electrons. The molecule has 0 atom stereocenters. The Morgan fingerprint density at radius 2 is 0.818 bits per heavy atom. The van der Waals surface area contributed by atoms with E-state index < -0.39 is 5.09 Å². The van der Waals surface area contributed by atoms with Gasteiger partial charge in [0.2, 0.25) is 0 Å². The second-order valence-electron chi connectivity index (χ2n) is 0.238. The largest absolute Gasteiger partial charge is 0.412 e. The Kier molecular flexibility index (Phi) is 2950. The molecule has 0 heterocycles. The summed E-state index contributed by atoms with van der Waals surface area (Å²) in [5.41, 5.74) is 0. The zero-order chi connectivity index (χ0) is 3.58. The molecule has 0 saturated carbocycles. The molecule has 0 fully saturated rings. The molecule has 11 heteroatoms. The van der Waals surface area contributed by atoms with Crippen molar-refractivity contribution in [3.63, 3.8) is 0 Å². The van der Waals surface area contributed by atoms with Crippen LogP contribution in [-0.2, 0) is 0 Å². The van der Waals surface area contributed by atoms with Gasteiger partial charge in [-0.2, -0.15) is 0 Å². The Balaban J connectivity index is -0.00000000214. The number of nitrogens with zero attached hydrogens (tertiary/aromatic N) is 1. The Morgan fingerprint density at radius 1 is 0.818 bits per heavy atom. The molecule has 0 aromatic rings. The molecule has 0 spiro atoms. The minimum Gasteiger partial charge on any atom is -0.412 e. The summed E-state index contributed by atoms with van der Waals surface area (Å²) >= 11 is 0. The van der Waals surface area contributed by atoms with Crippen LogP contribution in [0.2, 0.25) is 0 Å². The Hall–Kier alpha value is -1.08. The van der Waals surface area contributed by atoms with E-state index in [0.29, 0.717) is 0 Å². The summed E-state index contributed by atoms with van der Waals surface area (Å²) < 4.78 is 0. The molecule has 0 radical (unpaired) electrons. The fraction of sp³-hybridized carbons (Fsp3) is 0. The van der Waals surface area contributed by atoms with E-state index in [-0.39, 0.29) is 38.3 Å². The van der Waals surface area contributed by atoms with Gasteiger partial charge in [-0.3, -0.25) is 0 Å². The van der Waals surface area contributed by atoms with E-state index in [9.17, 15) is 0 Å². The van der Waals surface area contributed by atoms with E-state index in [2.05, 4.69) is 0 Å². The summed E-state index contributed by atoms with van der Waals surface area (Å²) in [6.45, 7) is 0. The van der Waals surface area contributed by atoms with Crippen molar-refractivity contribution in [3.8, 4) is 0 Å². The maximum absolute atomic E-state index is 8.36. The standard InChI is InChI=1S/HNO3.7H2O/c2-1(3)4;;;;;;;/h(H,2,3,4);7*1H2. The highest BCUT2D eigenvalue weighted by Crippen LogP contribution is 1.38. The smallest absolute Gasteiger partial charge is 0.291 e. The minimum atomic E-state index is -1.50. The lowest BCUT2D eigenvalue weighted by Gasteiger charge is -1.56. The molecule has 0 rings (SSSR count). The highest BCUT2D eigenvalue weighted by Gasteiger charge is 1.65. The van der Waals surface area contributed by atoms with Crippen LogP contribution in [-0.4, -0.2) is 48.6 Å². The average Bonchev–Trinajstić information content (AvgIpc) is 0.811. The molecule has 0 unspecified atom stereocenters. The molecule has 0 aliphatic heterocycles. The van der Waals surface area contributed by atoms with Gasteiger partial charge in [0.05, 0.1) is 0 Å². The van der Waals surface area contributed by atoms with Gasteiger partial charge in [-0.15, -0.1) is 10.1 Å². The van der Waals surface area contributed by atoms with Crippen LogP contribution in [0.15, 0.2) is 0 Å². The first kappa shape index (κ1) is 214. The van der Waals surface area contributed by atoms with Gasteiger partial charge in [0, 0.05) is 0 Å². The van der Waals surface area contributed by atoms with Gasteiger partial charge in [0.15, 0.2) is 0 Å². The molecule has 0 amide bonds. The second-order valence-corrected chi connectivity index (χ2v) is 0.238. The first-order valence-electron chi connectivity index (χ1n) is 0.565. The van der Waals surface area contributed by atoms with Crippen molar-refractivity contribution < 1.29 is 48.6 Å². The maximum Gasteiger partial charge on any atom is 0.291 e. The molecule has 0 aromatic heterocycles. The normalized spacial score (nSPS) is 2.18. The summed E-state index contributed by atoms with van der Waals surface area (Å²) in [5, 5.41) is 13.6. The van der Waals surface area contributed by atoms with Gasteiger partial charge < -0.3 is 43.5 Å². The predicted octanol–water partition coefficient (Wildman–Crippen LogP) is -6.12. The van der Waals surface area contributed by atoms with Crippen molar-refractivity contribution in [1.29, 1.82) is 0 Å². The Bertz CT molecular complexity index is 27.9. The molecular formula is H15NO10. The molecule has 0 saturated heterocycles. The topological polar surface area (TPSA) is 284 Å². The van der Waals surface area contributed by atoms with Gasteiger partial charge in [-0.25, -0.2) is 0 Å². The van der Waals surface area contributed by atoms with Crippen LogP contribution in [0.4, 0.5) is 0 Å². The van der Waals surface area contributed by atoms with E-state index >= 15 is 0 Å². The van der Waals surface area contributed by atoms with Crippen LogP contribution < -0.4 is 0 Å². The lowest BCUT2D eigenvalue weighted by molar-refractivity contribution is -0.742. The third kappa shape index (κ3) is 366. The van der Waals surface area contributed by atoms with Gasteiger partial charge in [-0.05, 0) is 0 Å². The Morgan fingerprint density at radius 3 is 0.818 bits per heavy atom. The van der Waals surface area contributed by atoms with Crippen molar-refractivity contribution in [2.45, 2.75) is 0 Å². The molecule has 0 aliphatic rings. The van der Waals surface area contributed by atoms with Gasteiger partial charge >= 0.3 is 0 Å². The monoisotopic (exact) mass is 189 g/mol. The van der Waals surface area contributed by atoms with Gasteiger partial charge in [-0.1, -0.05) is 0 Å². The third-order valence-electron chi connectivity index (χ3n) is 0. The molecule has 0 bridgehead atoms. The number of hydrogen-bond donors (Lipinski definition) is 1. The lowest BCUT2D eigenvalue weighted by atomic mass is 13.1. The van der Waals surface area contributed by atoms with Crippen molar-refractivity contribution in [3.05, 3.63) is 10.1 Å². The summed E-state index contributed by atoms with van der Waals surface area (Å²) in [6.07, 6.45) is 0. The van der Waals surface area contributed by atoms with Crippen LogP contribution in [0.25, 0.3) is 0 Å². The Labute approximate surface area is 60.1 Å². The molecule has 0 aromatic carbocycles. The van der Waals surface area contributed by atoms with Crippen molar-refractivity contribution in [1.82, 2.24) is 0 Å². The highest BCUT2D eigenvalue weighted by atomic mass is 16.9. The number of hydrogen-bond acceptors (Lipinski definition) is 2. The highest BCUT2D eigenvalue weighted by molar-refractivity contribution is 3.83. The van der Waals surface area contributed by atoms with E-state index in [1.165, 1.54) is 0 Å². The van der Waals surface area contributed by atoms with Crippen LogP contribution >= 0.6 is 0 Å². The van der Waals surface area contributed by atoms with Crippen LogP contribution in [0.5, 0.6) is 0 Å². The van der Waals surface area contributed by atoms with E-state index in [1.807, 2.05) is 0 Å². The van der Waals surface area contributed by atoms with Gasteiger partial charge in [0.1, 0.15) is 0 Å². The van der Waals surface area contributed by atoms with Crippen molar-refractivity contribution in [2.75, 3.05) is 0 Å².